The van der Waals surface area contributed by atoms with Crippen LogP contribution in [-0.2, 0) is 6.42 Å². The zero-order valence-electron chi connectivity index (χ0n) is 15.0. The van der Waals surface area contributed by atoms with Gasteiger partial charge in [0.2, 0.25) is 0 Å². The molecule has 132 valence electrons. The SMILES string of the molecule is CCCCCCCCCc1noc(-c2ccc(OC)c(OC)c2)n1. The smallest absolute Gasteiger partial charge is 0.258 e. The number of rotatable bonds is 11. The van der Waals surface area contributed by atoms with E-state index < -0.39 is 0 Å². The number of unbranched alkanes of at least 4 members (excludes halogenated alkanes) is 6. The van der Waals surface area contributed by atoms with Crippen LogP contribution in [0.2, 0.25) is 0 Å². The second-order valence-corrected chi connectivity index (χ2v) is 5.96. The molecular formula is C19H28N2O3. The summed E-state index contributed by atoms with van der Waals surface area (Å²) in [5.74, 6) is 2.63. The van der Waals surface area contributed by atoms with Gasteiger partial charge in [0.1, 0.15) is 0 Å². The van der Waals surface area contributed by atoms with Gasteiger partial charge in [-0.2, -0.15) is 4.98 Å². The van der Waals surface area contributed by atoms with E-state index in [1.165, 1.54) is 38.5 Å². The number of ether oxygens (including phenoxy) is 2. The molecule has 0 spiro atoms. The maximum atomic E-state index is 5.38. The first kappa shape index (κ1) is 18.3. The van der Waals surface area contributed by atoms with Crippen molar-refractivity contribution in [2.75, 3.05) is 14.2 Å². The lowest BCUT2D eigenvalue weighted by Crippen LogP contribution is -1.91. The predicted molar refractivity (Wildman–Crippen MR) is 94.5 cm³/mol. The van der Waals surface area contributed by atoms with E-state index in [1.807, 2.05) is 18.2 Å². The molecule has 0 aliphatic heterocycles. The quantitative estimate of drug-likeness (QED) is 0.539. The molecule has 0 bridgehead atoms. The monoisotopic (exact) mass is 332 g/mol. The van der Waals surface area contributed by atoms with Gasteiger partial charge in [-0.25, -0.2) is 0 Å². The van der Waals surface area contributed by atoms with Gasteiger partial charge in [-0.3, -0.25) is 0 Å². The molecule has 0 fully saturated rings. The van der Waals surface area contributed by atoms with Gasteiger partial charge < -0.3 is 14.0 Å². The number of hydrogen-bond acceptors (Lipinski definition) is 5. The van der Waals surface area contributed by atoms with Crippen molar-refractivity contribution in [3.8, 4) is 23.0 Å². The van der Waals surface area contributed by atoms with Crippen LogP contribution in [-0.4, -0.2) is 24.4 Å². The molecule has 5 heteroatoms. The van der Waals surface area contributed by atoms with Crippen LogP contribution in [0.15, 0.2) is 22.7 Å². The molecule has 5 nitrogen and oxygen atoms in total. The van der Waals surface area contributed by atoms with Crippen molar-refractivity contribution in [1.29, 1.82) is 0 Å². The standard InChI is InChI=1S/C19H28N2O3/c1-4-5-6-7-8-9-10-11-18-20-19(24-21-18)15-12-13-16(22-2)17(14-15)23-3/h12-14H,4-11H2,1-3H3. The number of aromatic nitrogens is 2. The Balaban J connectivity index is 1.84. The number of aryl methyl sites for hydroxylation is 1. The molecule has 0 unspecified atom stereocenters. The molecule has 0 aliphatic carbocycles. The molecule has 24 heavy (non-hydrogen) atoms. The van der Waals surface area contributed by atoms with Crippen LogP contribution in [0.1, 0.15) is 57.7 Å². The molecule has 0 atom stereocenters. The molecule has 1 aromatic heterocycles. The van der Waals surface area contributed by atoms with Crippen molar-refractivity contribution in [3.05, 3.63) is 24.0 Å². The van der Waals surface area contributed by atoms with Crippen molar-refractivity contribution in [2.45, 2.75) is 58.3 Å². The summed E-state index contributed by atoms with van der Waals surface area (Å²) in [6.07, 6.45) is 9.81. The Labute approximate surface area is 144 Å². The topological polar surface area (TPSA) is 57.4 Å². The van der Waals surface area contributed by atoms with Crippen LogP contribution >= 0.6 is 0 Å². The van der Waals surface area contributed by atoms with Crippen LogP contribution in [0.25, 0.3) is 11.5 Å². The van der Waals surface area contributed by atoms with Crippen LogP contribution in [0.3, 0.4) is 0 Å². The first-order valence-corrected chi connectivity index (χ1v) is 8.83. The number of benzene rings is 1. The van der Waals surface area contributed by atoms with E-state index >= 15 is 0 Å². The highest BCUT2D eigenvalue weighted by Gasteiger charge is 2.12. The summed E-state index contributed by atoms with van der Waals surface area (Å²) < 4.78 is 15.9. The molecular weight excluding hydrogens is 304 g/mol. The van der Waals surface area contributed by atoms with Crippen molar-refractivity contribution in [3.63, 3.8) is 0 Å². The molecule has 0 amide bonds. The Morgan fingerprint density at radius 1 is 0.917 bits per heavy atom. The van der Waals surface area contributed by atoms with Crippen molar-refractivity contribution >= 4 is 0 Å². The summed E-state index contributed by atoms with van der Waals surface area (Å²) >= 11 is 0. The van der Waals surface area contributed by atoms with E-state index in [4.69, 9.17) is 14.0 Å². The molecule has 2 aromatic rings. The zero-order valence-corrected chi connectivity index (χ0v) is 15.0. The first-order valence-electron chi connectivity index (χ1n) is 8.83. The molecule has 0 saturated carbocycles. The lowest BCUT2D eigenvalue weighted by Gasteiger charge is -2.07. The van der Waals surface area contributed by atoms with Gasteiger partial charge in [-0.05, 0) is 24.6 Å². The summed E-state index contributed by atoms with van der Waals surface area (Å²) in [5, 5.41) is 4.08. The first-order chi connectivity index (χ1) is 11.8. The summed E-state index contributed by atoms with van der Waals surface area (Å²) in [6.45, 7) is 2.24. The summed E-state index contributed by atoms with van der Waals surface area (Å²) in [7, 11) is 3.23. The van der Waals surface area contributed by atoms with E-state index in [0.717, 1.165) is 24.2 Å². The van der Waals surface area contributed by atoms with Gasteiger partial charge in [0, 0.05) is 12.0 Å². The third kappa shape index (κ3) is 5.25. The fourth-order valence-corrected chi connectivity index (χ4v) is 2.68. The second kappa shape index (κ2) is 9.96. The molecule has 1 heterocycles. The molecule has 0 N–H and O–H groups in total. The largest absolute Gasteiger partial charge is 0.493 e. The van der Waals surface area contributed by atoms with E-state index in [0.29, 0.717) is 17.4 Å². The lowest BCUT2D eigenvalue weighted by molar-refractivity contribution is 0.355. The Kier molecular flexibility index (Phi) is 7.59. The van der Waals surface area contributed by atoms with Crippen LogP contribution in [0, 0.1) is 0 Å². The number of nitrogens with zero attached hydrogens (tertiary/aromatic N) is 2. The normalized spacial score (nSPS) is 10.8. The number of methoxy groups -OCH3 is 2. The average molecular weight is 332 g/mol. The highest BCUT2D eigenvalue weighted by Crippen LogP contribution is 2.31. The third-order valence-corrected chi connectivity index (χ3v) is 4.10. The fraction of sp³-hybridized carbons (Fsp3) is 0.579. The highest BCUT2D eigenvalue weighted by atomic mass is 16.5. The van der Waals surface area contributed by atoms with E-state index in [-0.39, 0.29) is 0 Å². The van der Waals surface area contributed by atoms with E-state index in [1.54, 1.807) is 14.2 Å². The Morgan fingerprint density at radius 2 is 1.62 bits per heavy atom. The predicted octanol–water partition coefficient (Wildman–Crippen LogP) is 5.05. The minimum absolute atomic E-state index is 0.522. The maximum Gasteiger partial charge on any atom is 0.258 e. The van der Waals surface area contributed by atoms with Gasteiger partial charge in [-0.15, -0.1) is 0 Å². The average Bonchev–Trinajstić information content (AvgIpc) is 3.09. The molecule has 1 aromatic carbocycles. The van der Waals surface area contributed by atoms with Crippen LogP contribution < -0.4 is 9.47 Å². The van der Waals surface area contributed by atoms with Gasteiger partial charge in [0.05, 0.1) is 14.2 Å². The van der Waals surface area contributed by atoms with Crippen molar-refractivity contribution in [1.82, 2.24) is 10.1 Å². The summed E-state index contributed by atoms with van der Waals surface area (Å²) in [5.41, 5.74) is 0.839. The molecule has 0 aliphatic rings. The fourth-order valence-electron chi connectivity index (χ4n) is 2.68. The summed E-state index contributed by atoms with van der Waals surface area (Å²) in [4.78, 5) is 4.48. The van der Waals surface area contributed by atoms with Crippen molar-refractivity contribution < 1.29 is 14.0 Å². The molecule has 2 rings (SSSR count). The number of hydrogen-bond donors (Lipinski definition) is 0. The maximum absolute atomic E-state index is 5.38. The van der Waals surface area contributed by atoms with Gasteiger partial charge >= 0.3 is 0 Å². The second-order valence-electron chi connectivity index (χ2n) is 5.96. The van der Waals surface area contributed by atoms with Crippen LogP contribution in [0.5, 0.6) is 11.5 Å². The molecule has 0 saturated heterocycles. The Bertz CT molecular complexity index is 610. The van der Waals surface area contributed by atoms with Crippen molar-refractivity contribution in [2.24, 2.45) is 0 Å². The highest BCUT2D eigenvalue weighted by molar-refractivity contribution is 5.59. The van der Waals surface area contributed by atoms with Gasteiger partial charge in [0.15, 0.2) is 17.3 Å². The minimum Gasteiger partial charge on any atom is -0.493 e. The summed E-state index contributed by atoms with van der Waals surface area (Å²) in [6, 6.07) is 5.59. The zero-order chi connectivity index (χ0) is 17.2. The lowest BCUT2D eigenvalue weighted by atomic mass is 10.1. The third-order valence-electron chi connectivity index (χ3n) is 4.10. The minimum atomic E-state index is 0.522. The Hall–Kier alpha value is -2.04. The van der Waals surface area contributed by atoms with E-state index in [9.17, 15) is 0 Å². The molecule has 0 radical (unpaired) electrons. The van der Waals surface area contributed by atoms with Gasteiger partial charge in [0.25, 0.3) is 5.89 Å². The van der Waals surface area contributed by atoms with E-state index in [2.05, 4.69) is 17.1 Å². The van der Waals surface area contributed by atoms with Gasteiger partial charge in [-0.1, -0.05) is 50.6 Å². The Morgan fingerprint density at radius 3 is 2.33 bits per heavy atom. The van der Waals surface area contributed by atoms with Crippen LogP contribution in [0.4, 0.5) is 0 Å².